The van der Waals surface area contributed by atoms with Gasteiger partial charge < -0.3 is 5.32 Å². The van der Waals surface area contributed by atoms with Crippen molar-refractivity contribution in [3.63, 3.8) is 0 Å². The molecule has 32 heavy (non-hydrogen) atoms. The van der Waals surface area contributed by atoms with Gasteiger partial charge in [0.1, 0.15) is 10.6 Å². The van der Waals surface area contributed by atoms with Gasteiger partial charge in [-0.2, -0.15) is 0 Å². The smallest absolute Gasteiger partial charge is 0.283 e. The van der Waals surface area contributed by atoms with Crippen LogP contribution in [-0.2, 0) is 9.59 Å². The van der Waals surface area contributed by atoms with Gasteiger partial charge in [0.2, 0.25) is 0 Å². The number of hydrogen-bond acceptors (Lipinski definition) is 4. The van der Waals surface area contributed by atoms with Crippen molar-refractivity contribution in [3.8, 4) is 0 Å². The van der Waals surface area contributed by atoms with E-state index in [-0.39, 0.29) is 10.6 Å². The number of benzene rings is 3. The van der Waals surface area contributed by atoms with E-state index in [1.54, 1.807) is 48.5 Å². The van der Waals surface area contributed by atoms with Crippen LogP contribution in [0.2, 0.25) is 15.1 Å². The van der Waals surface area contributed by atoms with E-state index in [1.165, 1.54) is 16.7 Å². The van der Waals surface area contributed by atoms with Gasteiger partial charge in [0.25, 0.3) is 11.8 Å². The number of rotatable bonds is 5. The molecule has 1 aliphatic rings. The number of amides is 2. The average Bonchev–Trinajstić information content (AvgIpc) is 2.97. The van der Waals surface area contributed by atoms with Gasteiger partial charge in [0.05, 0.1) is 15.7 Å². The Morgan fingerprint density at radius 2 is 1.53 bits per heavy atom. The minimum atomic E-state index is -0.440. The SMILES string of the molecule is Cc1ccc(N2C(=O)C(Nc3ccc(Cl)c(Cl)c3)=C(Sc3ccc(Cl)cc3)C2=O)c(C)c1. The van der Waals surface area contributed by atoms with Crippen molar-refractivity contribution < 1.29 is 9.59 Å². The molecule has 0 fully saturated rings. The van der Waals surface area contributed by atoms with E-state index in [0.717, 1.165) is 16.0 Å². The Labute approximate surface area is 205 Å². The largest absolute Gasteiger partial charge is 0.350 e. The van der Waals surface area contributed by atoms with E-state index in [1.807, 2.05) is 26.0 Å². The van der Waals surface area contributed by atoms with Crippen LogP contribution in [0.15, 0.2) is 76.2 Å². The monoisotopic (exact) mass is 502 g/mol. The maximum atomic E-state index is 13.5. The van der Waals surface area contributed by atoms with Crippen molar-refractivity contribution >= 4 is 69.8 Å². The molecule has 4 nitrogen and oxygen atoms in total. The number of carbonyl (C=O) groups is 2. The fourth-order valence-corrected chi connectivity index (χ4v) is 4.68. The summed E-state index contributed by atoms with van der Waals surface area (Å²) in [6.07, 6.45) is 0. The molecule has 4 rings (SSSR count). The number of hydrogen-bond donors (Lipinski definition) is 1. The Morgan fingerprint density at radius 3 is 2.19 bits per heavy atom. The third-order valence-electron chi connectivity index (χ3n) is 4.86. The molecule has 1 heterocycles. The molecule has 1 aliphatic heterocycles. The summed E-state index contributed by atoms with van der Waals surface area (Å²) >= 11 is 19.3. The Balaban J connectivity index is 1.77. The second-order valence-corrected chi connectivity index (χ2v) is 9.58. The summed E-state index contributed by atoms with van der Waals surface area (Å²) in [6, 6.07) is 17.6. The first kappa shape index (κ1) is 22.7. The number of aryl methyl sites for hydroxylation is 2. The summed E-state index contributed by atoms with van der Waals surface area (Å²) in [6.45, 7) is 3.83. The van der Waals surface area contributed by atoms with Gasteiger partial charge in [0, 0.05) is 15.6 Å². The highest BCUT2D eigenvalue weighted by molar-refractivity contribution is 8.04. The van der Waals surface area contributed by atoms with Crippen LogP contribution in [0.3, 0.4) is 0 Å². The van der Waals surface area contributed by atoms with Crippen molar-refractivity contribution in [2.45, 2.75) is 18.7 Å². The van der Waals surface area contributed by atoms with Crippen molar-refractivity contribution in [1.82, 2.24) is 0 Å². The number of halogens is 3. The second-order valence-electron chi connectivity index (χ2n) is 7.25. The first-order chi connectivity index (χ1) is 15.2. The third-order valence-corrected chi connectivity index (χ3v) is 6.94. The standard InChI is InChI=1S/C24H17Cl3N2O2S/c1-13-3-10-20(14(2)11-13)29-23(30)21(28-16-6-9-18(26)19(27)12-16)22(24(29)31)32-17-7-4-15(25)5-8-17/h3-12,28H,1-2H3. The van der Waals surface area contributed by atoms with E-state index in [2.05, 4.69) is 5.32 Å². The van der Waals surface area contributed by atoms with E-state index in [9.17, 15) is 9.59 Å². The molecular weight excluding hydrogens is 487 g/mol. The zero-order valence-corrected chi connectivity index (χ0v) is 20.2. The van der Waals surface area contributed by atoms with Gasteiger partial charge >= 0.3 is 0 Å². The van der Waals surface area contributed by atoms with Crippen molar-refractivity contribution in [3.05, 3.63) is 97.5 Å². The average molecular weight is 504 g/mol. The van der Waals surface area contributed by atoms with Gasteiger partial charge in [-0.3, -0.25) is 9.59 Å². The minimum absolute atomic E-state index is 0.174. The summed E-state index contributed by atoms with van der Waals surface area (Å²) in [4.78, 5) is 29.2. The van der Waals surface area contributed by atoms with E-state index in [4.69, 9.17) is 34.8 Å². The highest BCUT2D eigenvalue weighted by Gasteiger charge is 2.40. The van der Waals surface area contributed by atoms with Crippen LogP contribution in [0.1, 0.15) is 11.1 Å². The van der Waals surface area contributed by atoms with Gasteiger partial charge in [-0.1, -0.05) is 64.3 Å². The Morgan fingerprint density at radius 1 is 0.812 bits per heavy atom. The lowest BCUT2D eigenvalue weighted by Gasteiger charge is -2.18. The van der Waals surface area contributed by atoms with Crippen molar-refractivity contribution in [2.24, 2.45) is 0 Å². The number of nitrogens with zero attached hydrogens (tertiary/aromatic N) is 1. The van der Waals surface area contributed by atoms with E-state index >= 15 is 0 Å². The normalized spacial score (nSPS) is 13.8. The predicted molar refractivity (Wildman–Crippen MR) is 133 cm³/mol. The molecule has 3 aromatic rings. The van der Waals surface area contributed by atoms with Crippen molar-refractivity contribution in [2.75, 3.05) is 10.2 Å². The summed E-state index contributed by atoms with van der Waals surface area (Å²) in [7, 11) is 0. The second kappa shape index (κ2) is 9.20. The fraction of sp³-hybridized carbons (Fsp3) is 0.0833. The van der Waals surface area contributed by atoms with Crippen LogP contribution in [0.5, 0.6) is 0 Å². The van der Waals surface area contributed by atoms with Gasteiger partial charge in [0.15, 0.2) is 0 Å². The van der Waals surface area contributed by atoms with E-state index in [0.29, 0.717) is 26.4 Å². The zero-order valence-electron chi connectivity index (χ0n) is 17.1. The first-order valence-electron chi connectivity index (χ1n) is 9.60. The van der Waals surface area contributed by atoms with Crippen LogP contribution in [0.25, 0.3) is 0 Å². The molecule has 0 aliphatic carbocycles. The lowest BCUT2D eigenvalue weighted by molar-refractivity contribution is -0.120. The zero-order chi connectivity index (χ0) is 23.0. The number of thioether (sulfide) groups is 1. The third kappa shape index (κ3) is 4.52. The molecule has 0 unspecified atom stereocenters. The van der Waals surface area contributed by atoms with Gasteiger partial charge in [-0.05, 0) is 67.9 Å². The topological polar surface area (TPSA) is 49.4 Å². The summed E-state index contributed by atoms with van der Waals surface area (Å²) in [5.41, 5.74) is 3.15. The molecule has 0 saturated heterocycles. The molecule has 0 spiro atoms. The summed E-state index contributed by atoms with van der Waals surface area (Å²) in [5, 5.41) is 4.40. The maximum Gasteiger partial charge on any atom is 0.283 e. The van der Waals surface area contributed by atoms with Crippen LogP contribution >= 0.6 is 46.6 Å². The minimum Gasteiger partial charge on any atom is -0.350 e. The lowest BCUT2D eigenvalue weighted by Crippen LogP contribution is -2.33. The molecule has 8 heteroatoms. The first-order valence-corrected chi connectivity index (χ1v) is 11.6. The van der Waals surface area contributed by atoms with Gasteiger partial charge in [-0.15, -0.1) is 0 Å². The van der Waals surface area contributed by atoms with Crippen LogP contribution in [-0.4, -0.2) is 11.8 Å². The summed E-state index contributed by atoms with van der Waals surface area (Å²) < 4.78 is 0. The Kier molecular flexibility index (Phi) is 6.54. The molecule has 2 amide bonds. The molecule has 162 valence electrons. The molecule has 3 aromatic carbocycles. The van der Waals surface area contributed by atoms with Crippen LogP contribution < -0.4 is 10.2 Å². The fourth-order valence-electron chi connectivity index (χ4n) is 3.33. The van der Waals surface area contributed by atoms with E-state index < -0.39 is 11.8 Å². The molecule has 0 aromatic heterocycles. The molecule has 1 N–H and O–H groups in total. The highest BCUT2D eigenvalue weighted by atomic mass is 35.5. The van der Waals surface area contributed by atoms with Gasteiger partial charge in [-0.25, -0.2) is 4.90 Å². The van der Waals surface area contributed by atoms with Crippen LogP contribution in [0, 0.1) is 13.8 Å². The quantitative estimate of drug-likeness (QED) is 0.372. The molecule has 0 bridgehead atoms. The van der Waals surface area contributed by atoms with Crippen molar-refractivity contribution in [1.29, 1.82) is 0 Å². The number of imide groups is 1. The predicted octanol–water partition coefficient (Wildman–Crippen LogP) is 7.25. The maximum absolute atomic E-state index is 13.5. The molecule has 0 saturated carbocycles. The molecular formula is C24H17Cl3N2O2S. The highest BCUT2D eigenvalue weighted by Crippen LogP contribution is 2.39. The van der Waals surface area contributed by atoms with Crippen LogP contribution in [0.4, 0.5) is 11.4 Å². The molecule has 0 radical (unpaired) electrons. The molecule has 0 atom stereocenters. The Bertz CT molecular complexity index is 1270. The summed E-state index contributed by atoms with van der Waals surface area (Å²) in [5.74, 6) is -0.839. The number of carbonyl (C=O) groups excluding carboxylic acids is 2. The number of nitrogens with one attached hydrogen (secondary N) is 1. The Hall–Kier alpha value is -2.44. The number of anilines is 2. The lowest BCUT2D eigenvalue weighted by atomic mass is 10.1.